The zero-order valence-corrected chi connectivity index (χ0v) is 24.5. The molecule has 3 heteroatoms. The van der Waals surface area contributed by atoms with Crippen molar-refractivity contribution in [1.29, 1.82) is 0 Å². The molecule has 0 fully saturated rings. The third-order valence-electron chi connectivity index (χ3n) is 7.43. The fraction of sp³-hybridized carbons (Fsp3) is 0.742. The largest absolute Gasteiger partial charge is 0.392 e. The van der Waals surface area contributed by atoms with Gasteiger partial charge < -0.3 is 14.7 Å². The van der Waals surface area contributed by atoms with Gasteiger partial charge in [-0.1, -0.05) is 113 Å². The molecule has 0 saturated heterocycles. The van der Waals surface area contributed by atoms with Gasteiger partial charge in [-0.15, -0.1) is 0 Å². The number of hydrogen-bond acceptors (Lipinski definition) is 3. The second kappa shape index (κ2) is 15.5. The van der Waals surface area contributed by atoms with Crippen LogP contribution in [0, 0.1) is 33.5 Å². The molecule has 2 atom stereocenters. The number of hydrogen-bond donors (Lipinski definition) is 1. The van der Waals surface area contributed by atoms with Crippen LogP contribution in [0.4, 0.5) is 0 Å². The van der Waals surface area contributed by atoms with E-state index in [-0.39, 0.29) is 28.3 Å². The van der Waals surface area contributed by atoms with Gasteiger partial charge in [0.25, 0.3) is 0 Å². The molecule has 1 aromatic rings. The first-order valence-corrected chi connectivity index (χ1v) is 12.9. The molecule has 198 valence electrons. The second-order valence-electron chi connectivity index (χ2n) is 13.2. The number of aliphatic hydroxyl groups is 1. The maximum absolute atomic E-state index is 10.6. The molecule has 1 aromatic carbocycles. The van der Waals surface area contributed by atoms with Crippen molar-refractivity contribution in [3.63, 3.8) is 0 Å². The Labute approximate surface area is 212 Å². The van der Waals surface area contributed by atoms with Crippen molar-refractivity contribution in [2.75, 3.05) is 0 Å². The summed E-state index contributed by atoms with van der Waals surface area (Å²) in [6.07, 6.45) is 5.72. The molecule has 3 nitrogen and oxygen atoms in total. The first-order valence-electron chi connectivity index (χ1n) is 12.9. The minimum absolute atomic E-state index is 0.140. The molecule has 0 heterocycles. The maximum Gasteiger partial charge on any atom is 0.120 e. The quantitative estimate of drug-likeness (QED) is 0.363. The summed E-state index contributed by atoms with van der Waals surface area (Å²) in [4.78, 5) is 21.3. The highest BCUT2D eigenvalue weighted by molar-refractivity contribution is 5.51. The van der Waals surface area contributed by atoms with E-state index in [0.29, 0.717) is 24.7 Å². The van der Waals surface area contributed by atoms with Crippen LogP contribution in [0.3, 0.4) is 0 Å². The Morgan fingerprint density at radius 3 is 1.18 bits per heavy atom. The van der Waals surface area contributed by atoms with E-state index in [1.54, 1.807) is 0 Å². The van der Waals surface area contributed by atoms with Crippen molar-refractivity contribution in [2.45, 2.75) is 115 Å². The monoisotopic (exact) mass is 476 g/mol. The lowest BCUT2D eigenvalue weighted by molar-refractivity contribution is -0.112. The highest BCUT2D eigenvalue weighted by Crippen LogP contribution is 2.46. The van der Waals surface area contributed by atoms with E-state index in [0.717, 1.165) is 31.0 Å². The molecule has 0 radical (unpaired) electrons. The molecule has 0 aromatic heterocycles. The molecule has 0 aliphatic rings. The molecular formula is C31H56O3. The average molecular weight is 477 g/mol. The lowest BCUT2D eigenvalue weighted by Gasteiger charge is -2.42. The SMILES string of the molecule is CC(C)CC(C)(CC=O)C(C)(C)C.CC(C)CC(C)(CC=O)C(C)(C)C.OCc1ccccc1. The summed E-state index contributed by atoms with van der Waals surface area (Å²) < 4.78 is 0. The summed E-state index contributed by atoms with van der Waals surface area (Å²) in [5.74, 6) is 1.31. The fourth-order valence-electron chi connectivity index (χ4n) is 4.14. The number of carbonyl (C=O) groups excluding carboxylic acids is 2. The summed E-state index contributed by atoms with van der Waals surface area (Å²) in [5.41, 5.74) is 1.66. The van der Waals surface area contributed by atoms with Crippen molar-refractivity contribution < 1.29 is 14.7 Å². The van der Waals surface area contributed by atoms with Gasteiger partial charge in [-0.25, -0.2) is 0 Å². The summed E-state index contributed by atoms with van der Waals surface area (Å²) >= 11 is 0. The van der Waals surface area contributed by atoms with E-state index >= 15 is 0 Å². The molecule has 2 unspecified atom stereocenters. The van der Waals surface area contributed by atoms with Crippen molar-refractivity contribution in [2.24, 2.45) is 33.5 Å². The first-order chi connectivity index (χ1) is 15.4. The van der Waals surface area contributed by atoms with Crippen molar-refractivity contribution in [3.05, 3.63) is 35.9 Å². The third kappa shape index (κ3) is 13.4. The molecule has 0 aliphatic heterocycles. The average Bonchev–Trinajstić information content (AvgIpc) is 2.67. The van der Waals surface area contributed by atoms with Crippen LogP contribution in [-0.4, -0.2) is 17.7 Å². The normalized spacial score (nSPS) is 15.3. The fourth-order valence-corrected chi connectivity index (χ4v) is 4.14. The van der Waals surface area contributed by atoms with Crippen LogP contribution in [-0.2, 0) is 16.2 Å². The molecule has 0 saturated carbocycles. The minimum atomic E-state index is 0.140. The Bertz CT molecular complexity index is 624. The zero-order chi connectivity index (χ0) is 27.2. The van der Waals surface area contributed by atoms with Crippen LogP contribution in [0.2, 0.25) is 0 Å². The zero-order valence-electron chi connectivity index (χ0n) is 24.5. The van der Waals surface area contributed by atoms with E-state index in [2.05, 4.69) is 83.1 Å². The van der Waals surface area contributed by atoms with Gasteiger partial charge in [0.1, 0.15) is 12.6 Å². The number of aldehydes is 2. The van der Waals surface area contributed by atoms with E-state index in [1.165, 1.54) is 0 Å². The standard InChI is InChI=1S/2C12H24O.C7H8O/c2*1-10(2)9-12(6,7-8-13)11(3,4)5;8-6-7-4-2-1-3-5-7/h2*8,10H,7,9H2,1-6H3;1-5,8H,6H2. The predicted molar refractivity (Wildman–Crippen MR) is 148 cm³/mol. The van der Waals surface area contributed by atoms with Crippen LogP contribution in [0.1, 0.15) is 114 Å². The van der Waals surface area contributed by atoms with Gasteiger partial charge >= 0.3 is 0 Å². The smallest absolute Gasteiger partial charge is 0.120 e. The maximum atomic E-state index is 10.6. The number of carbonyl (C=O) groups is 2. The van der Waals surface area contributed by atoms with Crippen LogP contribution in [0.25, 0.3) is 0 Å². The van der Waals surface area contributed by atoms with Crippen LogP contribution in [0.15, 0.2) is 30.3 Å². The van der Waals surface area contributed by atoms with Crippen LogP contribution in [0.5, 0.6) is 0 Å². The van der Waals surface area contributed by atoms with E-state index < -0.39 is 0 Å². The lowest BCUT2D eigenvalue weighted by atomic mass is 9.62. The van der Waals surface area contributed by atoms with Gasteiger partial charge in [0.2, 0.25) is 0 Å². The van der Waals surface area contributed by atoms with Gasteiger partial charge in [-0.2, -0.15) is 0 Å². The van der Waals surface area contributed by atoms with Crippen molar-refractivity contribution in [1.82, 2.24) is 0 Å². The highest BCUT2D eigenvalue weighted by atomic mass is 16.3. The molecule has 0 aliphatic carbocycles. The van der Waals surface area contributed by atoms with Crippen LogP contribution >= 0.6 is 0 Å². The molecule has 0 bridgehead atoms. The van der Waals surface area contributed by atoms with Gasteiger partial charge in [-0.3, -0.25) is 0 Å². The van der Waals surface area contributed by atoms with Crippen LogP contribution < -0.4 is 0 Å². The summed E-state index contributed by atoms with van der Waals surface area (Å²) in [6.45, 7) is 26.8. The Balaban J connectivity index is 0. The Morgan fingerprint density at radius 1 is 0.676 bits per heavy atom. The Morgan fingerprint density at radius 2 is 1.00 bits per heavy atom. The molecule has 0 spiro atoms. The minimum Gasteiger partial charge on any atom is -0.392 e. The summed E-state index contributed by atoms with van der Waals surface area (Å²) in [6, 6.07) is 9.52. The third-order valence-corrected chi connectivity index (χ3v) is 7.43. The molecule has 34 heavy (non-hydrogen) atoms. The van der Waals surface area contributed by atoms with Gasteiger partial charge in [0.15, 0.2) is 0 Å². The van der Waals surface area contributed by atoms with Gasteiger partial charge in [0.05, 0.1) is 6.61 Å². The summed E-state index contributed by atoms with van der Waals surface area (Å²) in [5, 5.41) is 8.54. The van der Waals surface area contributed by atoms with E-state index in [1.807, 2.05) is 30.3 Å². The number of benzene rings is 1. The van der Waals surface area contributed by atoms with E-state index in [9.17, 15) is 9.59 Å². The summed E-state index contributed by atoms with van der Waals surface area (Å²) in [7, 11) is 0. The lowest BCUT2D eigenvalue weighted by Crippen LogP contribution is -2.34. The van der Waals surface area contributed by atoms with Crippen molar-refractivity contribution >= 4 is 12.6 Å². The van der Waals surface area contributed by atoms with Gasteiger partial charge in [0, 0.05) is 12.8 Å². The number of rotatable bonds is 9. The van der Waals surface area contributed by atoms with E-state index in [4.69, 9.17) is 5.11 Å². The van der Waals surface area contributed by atoms with Crippen molar-refractivity contribution in [3.8, 4) is 0 Å². The predicted octanol–water partition coefficient (Wildman–Crippen LogP) is 8.53. The molecular weight excluding hydrogens is 420 g/mol. The highest BCUT2D eigenvalue weighted by Gasteiger charge is 2.38. The Kier molecular flexibility index (Phi) is 15.8. The topological polar surface area (TPSA) is 54.4 Å². The van der Waals surface area contributed by atoms with Gasteiger partial charge in [-0.05, 0) is 51.9 Å². The second-order valence-corrected chi connectivity index (χ2v) is 13.2. The first kappa shape index (κ1) is 34.7. The molecule has 0 amide bonds. The Hall–Kier alpha value is -1.48. The number of aliphatic hydroxyl groups excluding tert-OH is 1. The molecule has 1 N–H and O–H groups in total. The molecule has 1 rings (SSSR count).